The molecular formula is C24H28BrN5S. The van der Waals surface area contributed by atoms with Gasteiger partial charge in [0.25, 0.3) is 0 Å². The molecule has 0 bridgehead atoms. The Kier molecular flexibility index (Phi) is 6.46. The van der Waals surface area contributed by atoms with Crippen molar-refractivity contribution in [2.24, 2.45) is 0 Å². The topological polar surface area (TPSA) is 36.3 Å². The van der Waals surface area contributed by atoms with Crippen molar-refractivity contribution in [3.05, 3.63) is 81.8 Å². The zero-order valence-corrected chi connectivity index (χ0v) is 20.7. The van der Waals surface area contributed by atoms with Gasteiger partial charge >= 0.3 is 0 Å². The number of nitrogens with zero attached hydrogens (tertiary/aromatic N) is 4. The number of halogens is 1. The summed E-state index contributed by atoms with van der Waals surface area (Å²) in [5.74, 6) is 0. The summed E-state index contributed by atoms with van der Waals surface area (Å²) in [4.78, 5) is 9.17. The third-order valence-corrected chi connectivity index (χ3v) is 6.89. The molecule has 0 radical (unpaired) electrons. The van der Waals surface area contributed by atoms with Crippen molar-refractivity contribution in [1.82, 2.24) is 24.7 Å². The van der Waals surface area contributed by atoms with Crippen molar-refractivity contribution >= 4 is 33.3 Å². The summed E-state index contributed by atoms with van der Waals surface area (Å²) < 4.78 is 3.40. The average molecular weight is 498 g/mol. The first kappa shape index (κ1) is 22.0. The Morgan fingerprint density at radius 2 is 1.87 bits per heavy atom. The molecule has 1 aliphatic rings. The Morgan fingerprint density at radius 3 is 2.55 bits per heavy atom. The number of hydrogen-bond acceptors (Lipinski definition) is 3. The maximum atomic E-state index is 5.80. The van der Waals surface area contributed by atoms with Crippen molar-refractivity contribution in [2.45, 2.75) is 25.9 Å². The van der Waals surface area contributed by atoms with Crippen molar-refractivity contribution in [3.63, 3.8) is 0 Å². The van der Waals surface area contributed by atoms with Crippen LogP contribution in [-0.2, 0) is 0 Å². The SMILES string of the molecule is Cc1cc(C2C(c3ccccn3)NC(=S)N2CCN(C)C)c(C)n1-c1ccccc1Br. The second kappa shape index (κ2) is 9.10. The minimum Gasteiger partial charge on any atom is -0.352 e. The molecule has 0 spiro atoms. The number of hydrogen-bond donors (Lipinski definition) is 1. The van der Waals surface area contributed by atoms with Gasteiger partial charge in [0.1, 0.15) is 0 Å². The van der Waals surface area contributed by atoms with Crippen molar-refractivity contribution < 1.29 is 0 Å². The Hall–Kier alpha value is -2.22. The Morgan fingerprint density at radius 1 is 1.13 bits per heavy atom. The van der Waals surface area contributed by atoms with Crippen LogP contribution in [0.25, 0.3) is 5.69 Å². The molecule has 2 unspecified atom stereocenters. The third kappa shape index (κ3) is 4.27. The fraction of sp³-hybridized carbons (Fsp3) is 0.333. The molecule has 0 aliphatic carbocycles. The lowest BCUT2D eigenvalue weighted by Gasteiger charge is -2.29. The molecule has 1 N–H and O–H groups in total. The monoisotopic (exact) mass is 497 g/mol. The van der Waals surface area contributed by atoms with Gasteiger partial charge in [-0.05, 0) is 92.0 Å². The van der Waals surface area contributed by atoms with E-state index in [0.717, 1.165) is 34.1 Å². The van der Waals surface area contributed by atoms with E-state index in [0.29, 0.717) is 0 Å². The number of benzene rings is 1. The summed E-state index contributed by atoms with van der Waals surface area (Å²) in [7, 11) is 4.19. The Bertz CT molecular complexity index is 1080. The van der Waals surface area contributed by atoms with Crippen LogP contribution in [0.5, 0.6) is 0 Å². The second-order valence-electron chi connectivity index (χ2n) is 8.24. The highest BCUT2D eigenvalue weighted by molar-refractivity contribution is 9.10. The van der Waals surface area contributed by atoms with Crippen LogP contribution in [0.2, 0.25) is 0 Å². The molecule has 2 atom stereocenters. The summed E-state index contributed by atoms with van der Waals surface area (Å²) in [6, 6.07) is 16.8. The summed E-state index contributed by atoms with van der Waals surface area (Å²) in [5.41, 5.74) is 5.84. The number of para-hydroxylation sites is 1. The molecule has 2 aromatic heterocycles. The van der Waals surface area contributed by atoms with E-state index in [1.54, 1.807) is 0 Å². The van der Waals surface area contributed by atoms with Crippen LogP contribution in [-0.4, -0.2) is 51.6 Å². The van der Waals surface area contributed by atoms with Gasteiger partial charge in [0.05, 0.1) is 23.5 Å². The number of aryl methyl sites for hydroxylation is 1. The highest BCUT2D eigenvalue weighted by atomic mass is 79.9. The normalized spacial score (nSPS) is 18.6. The Balaban J connectivity index is 1.82. The van der Waals surface area contributed by atoms with Crippen LogP contribution in [0, 0.1) is 13.8 Å². The second-order valence-corrected chi connectivity index (χ2v) is 9.48. The standard InChI is InChI=1S/C24H28BrN5S/c1-16-15-18(17(2)30(16)21-11-6-5-9-19(21)25)23-22(20-10-7-8-12-26-20)27-24(31)29(23)14-13-28(3)4/h5-12,15,22-23H,13-14H2,1-4H3,(H,27,31). The largest absolute Gasteiger partial charge is 0.352 e. The predicted octanol–water partition coefficient (Wildman–Crippen LogP) is 4.79. The van der Waals surface area contributed by atoms with E-state index in [4.69, 9.17) is 12.2 Å². The first-order valence-corrected chi connectivity index (χ1v) is 11.6. The van der Waals surface area contributed by atoms with Gasteiger partial charge in [0.15, 0.2) is 5.11 Å². The quantitative estimate of drug-likeness (QED) is 0.495. The van der Waals surface area contributed by atoms with E-state index in [1.165, 1.54) is 17.0 Å². The van der Waals surface area contributed by atoms with Crippen LogP contribution in [0.1, 0.15) is 34.7 Å². The molecule has 7 heteroatoms. The van der Waals surface area contributed by atoms with Crippen LogP contribution in [0.15, 0.2) is 59.2 Å². The molecule has 4 rings (SSSR count). The van der Waals surface area contributed by atoms with Crippen molar-refractivity contribution in [1.29, 1.82) is 0 Å². The Labute approximate surface area is 198 Å². The average Bonchev–Trinajstić information content (AvgIpc) is 3.23. The highest BCUT2D eigenvalue weighted by Crippen LogP contribution is 2.41. The van der Waals surface area contributed by atoms with Crippen LogP contribution >= 0.6 is 28.1 Å². The summed E-state index contributed by atoms with van der Waals surface area (Å²) in [6.07, 6.45) is 1.85. The third-order valence-electron chi connectivity index (χ3n) is 5.87. The molecule has 162 valence electrons. The van der Waals surface area contributed by atoms with Gasteiger partial charge in [-0.25, -0.2) is 0 Å². The molecular weight excluding hydrogens is 470 g/mol. The lowest BCUT2D eigenvalue weighted by molar-refractivity contribution is 0.277. The van der Waals surface area contributed by atoms with Gasteiger partial charge in [-0.3, -0.25) is 4.98 Å². The van der Waals surface area contributed by atoms with Gasteiger partial charge < -0.3 is 19.7 Å². The van der Waals surface area contributed by atoms with Crippen LogP contribution < -0.4 is 5.32 Å². The number of aromatic nitrogens is 2. The molecule has 0 saturated carbocycles. The smallest absolute Gasteiger partial charge is 0.170 e. The minimum absolute atomic E-state index is 0.00373. The van der Waals surface area contributed by atoms with Gasteiger partial charge in [-0.15, -0.1) is 0 Å². The number of nitrogens with one attached hydrogen (secondary N) is 1. The molecule has 1 aromatic carbocycles. The van der Waals surface area contributed by atoms with E-state index in [1.807, 2.05) is 24.4 Å². The minimum atomic E-state index is 0.00373. The molecule has 1 aliphatic heterocycles. The lowest BCUT2D eigenvalue weighted by Crippen LogP contribution is -2.35. The lowest BCUT2D eigenvalue weighted by atomic mass is 9.97. The molecule has 0 amide bonds. The fourth-order valence-corrected chi connectivity index (χ4v) is 5.18. The highest BCUT2D eigenvalue weighted by Gasteiger charge is 2.41. The summed E-state index contributed by atoms with van der Waals surface area (Å²) in [6.45, 7) is 6.14. The molecule has 1 saturated heterocycles. The summed E-state index contributed by atoms with van der Waals surface area (Å²) in [5, 5.41) is 4.34. The molecule has 3 heterocycles. The van der Waals surface area contributed by atoms with Crippen LogP contribution in [0.4, 0.5) is 0 Å². The van der Waals surface area contributed by atoms with Gasteiger partial charge in [-0.1, -0.05) is 18.2 Å². The number of likely N-dealkylation sites (N-methyl/N-ethyl adjacent to an activating group) is 1. The van der Waals surface area contributed by atoms with E-state index in [-0.39, 0.29) is 12.1 Å². The molecule has 5 nitrogen and oxygen atoms in total. The molecule has 31 heavy (non-hydrogen) atoms. The first-order valence-electron chi connectivity index (χ1n) is 10.4. The van der Waals surface area contributed by atoms with Gasteiger partial charge in [0.2, 0.25) is 0 Å². The zero-order chi connectivity index (χ0) is 22.1. The van der Waals surface area contributed by atoms with Crippen molar-refractivity contribution in [2.75, 3.05) is 27.2 Å². The number of rotatable bonds is 6. The molecule has 3 aromatic rings. The maximum Gasteiger partial charge on any atom is 0.170 e. The zero-order valence-electron chi connectivity index (χ0n) is 18.3. The van der Waals surface area contributed by atoms with E-state index in [2.05, 4.69) is 98.9 Å². The van der Waals surface area contributed by atoms with Gasteiger partial charge in [0, 0.05) is 35.1 Å². The molecule has 1 fully saturated rings. The predicted molar refractivity (Wildman–Crippen MR) is 134 cm³/mol. The summed E-state index contributed by atoms with van der Waals surface area (Å²) >= 11 is 9.52. The van der Waals surface area contributed by atoms with Crippen molar-refractivity contribution in [3.8, 4) is 5.69 Å². The van der Waals surface area contributed by atoms with Crippen LogP contribution in [0.3, 0.4) is 0 Å². The number of pyridine rings is 1. The van der Waals surface area contributed by atoms with E-state index < -0.39 is 0 Å². The fourth-order valence-electron chi connectivity index (χ4n) is 4.38. The van der Waals surface area contributed by atoms with Gasteiger partial charge in [-0.2, -0.15) is 0 Å². The van der Waals surface area contributed by atoms with E-state index >= 15 is 0 Å². The number of thiocarbonyl (C=S) groups is 1. The maximum absolute atomic E-state index is 5.80. The first-order chi connectivity index (χ1) is 14.9. The van der Waals surface area contributed by atoms with E-state index in [9.17, 15) is 0 Å².